The second-order valence-electron chi connectivity index (χ2n) is 3.79. The summed E-state index contributed by atoms with van der Waals surface area (Å²) >= 11 is 1.51. The molecule has 1 unspecified atom stereocenters. The maximum absolute atomic E-state index is 10.7. The molecule has 1 aromatic heterocycles. The van der Waals surface area contributed by atoms with Gasteiger partial charge in [0, 0.05) is 17.4 Å². The maximum atomic E-state index is 10.7. The molecule has 0 spiro atoms. The van der Waals surface area contributed by atoms with E-state index in [-0.39, 0.29) is 10.6 Å². The minimum Gasteiger partial charge on any atom is -0.258 e. The first kappa shape index (κ1) is 13.6. The van der Waals surface area contributed by atoms with Gasteiger partial charge >= 0.3 is 0 Å². The van der Waals surface area contributed by atoms with Gasteiger partial charge in [-0.15, -0.1) is 11.3 Å². The first-order valence-electron chi connectivity index (χ1n) is 5.48. The van der Waals surface area contributed by atoms with E-state index < -0.39 is 0 Å². The van der Waals surface area contributed by atoms with Crippen molar-refractivity contribution in [2.75, 3.05) is 0 Å². The lowest BCUT2D eigenvalue weighted by atomic mass is 10.3. The summed E-state index contributed by atoms with van der Waals surface area (Å²) in [6.07, 6.45) is 1.12. The van der Waals surface area contributed by atoms with Gasteiger partial charge in [0.05, 0.1) is 15.1 Å². The van der Waals surface area contributed by atoms with Crippen molar-refractivity contribution < 1.29 is 4.92 Å². The third-order valence-electron chi connectivity index (χ3n) is 2.42. The van der Waals surface area contributed by atoms with Crippen LogP contribution in [0.3, 0.4) is 0 Å². The van der Waals surface area contributed by atoms with Crippen molar-refractivity contribution in [1.29, 1.82) is 0 Å². The first-order chi connectivity index (χ1) is 8.60. The fourth-order valence-electron chi connectivity index (χ4n) is 1.23. The van der Waals surface area contributed by atoms with Crippen LogP contribution in [-0.2, 0) is 0 Å². The van der Waals surface area contributed by atoms with Crippen molar-refractivity contribution in [3.05, 3.63) is 28.3 Å². The summed E-state index contributed by atoms with van der Waals surface area (Å²) in [4.78, 5) is 14.8. The zero-order valence-corrected chi connectivity index (χ0v) is 12.4. The van der Waals surface area contributed by atoms with Crippen LogP contribution in [0.2, 0.25) is 0 Å². The van der Waals surface area contributed by atoms with E-state index in [1.54, 1.807) is 33.7 Å². The molecule has 0 fully saturated rings. The Kier molecular flexibility index (Phi) is 4.47. The van der Waals surface area contributed by atoms with E-state index in [9.17, 15) is 10.1 Å². The van der Waals surface area contributed by atoms with Crippen molar-refractivity contribution >= 4 is 48.8 Å². The van der Waals surface area contributed by atoms with Crippen LogP contribution in [0, 0.1) is 10.1 Å². The number of thiazole rings is 1. The number of nitro benzene ring substituents is 1. The lowest BCUT2D eigenvalue weighted by Gasteiger charge is -2.03. The molecule has 0 amide bonds. The molecule has 1 heterocycles. The highest BCUT2D eigenvalue weighted by molar-refractivity contribution is 8.77. The Balaban J connectivity index is 2.19. The van der Waals surface area contributed by atoms with Crippen LogP contribution in [-0.4, -0.2) is 15.2 Å². The molecule has 2 aromatic rings. The molecule has 7 heteroatoms. The van der Waals surface area contributed by atoms with Gasteiger partial charge < -0.3 is 0 Å². The van der Waals surface area contributed by atoms with Crippen LogP contribution in [0.15, 0.2) is 22.5 Å². The zero-order chi connectivity index (χ0) is 13.1. The van der Waals surface area contributed by atoms with Crippen LogP contribution in [0.4, 0.5) is 5.69 Å². The molecule has 96 valence electrons. The van der Waals surface area contributed by atoms with Gasteiger partial charge in [0.25, 0.3) is 5.69 Å². The van der Waals surface area contributed by atoms with Crippen LogP contribution >= 0.6 is 32.9 Å². The highest BCUT2D eigenvalue weighted by Crippen LogP contribution is 2.40. The van der Waals surface area contributed by atoms with Gasteiger partial charge in [0.15, 0.2) is 4.34 Å². The van der Waals surface area contributed by atoms with Gasteiger partial charge in [-0.3, -0.25) is 10.1 Å². The van der Waals surface area contributed by atoms with Crippen LogP contribution in [0.5, 0.6) is 0 Å². The molecule has 0 aliphatic heterocycles. The molecule has 0 bridgehead atoms. The molecule has 0 aliphatic rings. The Bertz CT molecular complexity index is 570. The normalized spacial score (nSPS) is 12.8. The number of hydrogen-bond donors (Lipinski definition) is 0. The summed E-state index contributed by atoms with van der Waals surface area (Å²) in [5.41, 5.74) is 0.954. The number of fused-ring (bicyclic) bond motifs is 1. The Labute approximate surface area is 117 Å². The zero-order valence-electron chi connectivity index (χ0n) is 9.95. The van der Waals surface area contributed by atoms with Crippen LogP contribution in [0.1, 0.15) is 20.3 Å². The minimum absolute atomic E-state index is 0.122. The van der Waals surface area contributed by atoms with Gasteiger partial charge in [-0.05, 0) is 23.3 Å². The van der Waals surface area contributed by atoms with Crippen LogP contribution in [0.25, 0.3) is 10.2 Å². The molecule has 1 atom stereocenters. The average molecular weight is 300 g/mol. The number of benzene rings is 1. The summed E-state index contributed by atoms with van der Waals surface area (Å²) in [6, 6.07) is 4.80. The third-order valence-corrected chi connectivity index (χ3v) is 6.79. The molecule has 0 radical (unpaired) electrons. The predicted octanol–water partition coefficient (Wildman–Crippen LogP) is 4.74. The molecule has 2 rings (SSSR count). The van der Waals surface area contributed by atoms with E-state index in [0.29, 0.717) is 5.25 Å². The van der Waals surface area contributed by atoms with Crippen molar-refractivity contribution in [3.8, 4) is 0 Å². The summed E-state index contributed by atoms with van der Waals surface area (Å²) in [6.45, 7) is 4.33. The summed E-state index contributed by atoms with van der Waals surface area (Å²) in [5, 5.41) is 11.3. The van der Waals surface area contributed by atoms with Crippen molar-refractivity contribution in [1.82, 2.24) is 4.98 Å². The van der Waals surface area contributed by atoms with E-state index in [1.807, 2.05) is 0 Å². The monoisotopic (exact) mass is 300 g/mol. The smallest absolute Gasteiger partial charge is 0.258 e. The Morgan fingerprint density at radius 2 is 2.33 bits per heavy atom. The number of aromatic nitrogens is 1. The first-order valence-corrected chi connectivity index (χ1v) is 8.51. The molecular weight excluding hydrogens is 288 g/mol. The van der Waals surface area contributed by atoms with Gasteiger partial charge in [-0.2, -0.15) is 0 Å². The van der Waals surface area contributed by atoms with E-state index in [4.69, 9.17) is 0 Å². The Hall–Kier alpha value is -0.790. The lowest BCUT2D eigenvalue weighted by Crippen LogP contribution is -1.87. The van der Waals surface area contributed by atoms with Gasteiger partial charge in [0.1, 0.15) is 0 Å². The summed E-state index contributed by atoms with van der Waals surface area (Å²) in [7, 11) is 3.43. The fraction of sp³-hybridized carbons (Fsp3) is 0.364. The van der Waals surface area contributed by atoms with Gasteiger partial charge in [0.2, 0.25) is 0 Å². The minimum atomic E-state index is -0.375. The number of nitro groups is 1. The number of hydrogen-bond acceptors (Lipinski definition) is 6. The fourth-order valence-corrected chi connectivity index (χ4v) is 4.81. The molecular formula is C11H12N2O2S3. The molecule has 0 saturated carbocycles. The summed E-state index contributed by atoms with van der Waals surface area (Å²) < 4.78 is 1.83. The third kappa shape index (κ3) is 3.15. The largest absolute Gasteiger partial charge is 0.270 e. The van der Waals surface area contributed by atoms with Crippen molar-refractivity contribution in [2.45, 2.75) is 29.9 Å². The standard InChI is InChI=1S/C11H12N2O2S3/c1-3-7(2)17-18-11-12-9-5-4-8(13(14)15)6-10(9)16-11/h4-7H,3H2,1-2H3. The van der Waals surface area contributed by atoms with Crippen molar-refractivity contribution in [3.63, 3.8) is 0 Å². The van der Waals surface area contributed by atoms with E-state index in [1.165, 1.54) is 17.4 Å². The van der Waals surface area contributed by atoms with Crippen LogP contribution < -0.4 is 0 Å². The van der Waals surface area contributed by atoms with Crippen molar-refractivity contribution in [2.24, 2.45) is 0 Å². The molecule has 18 heavy (non-hydrogen) atoms. The molecule has 4 nitrogen and oxygen atoms in total. The number of rotatable bonds is 5. The summed E-state index contributed by atoms with van der Waals surface area (Å²) in [5.74, 6) is 0. The maximum Gasteiger partial charge on any atom is 0.270 e. The highest BCUT2D eigenvalue weighted by Gasteiger charge is 2.11. The van der Waals surface area contributed by atoms with E-state index >= 15 is 0 Å². The lowest BCUT2D eigenvalue weighted by molar-refractivity contribution is -0.384. The Morgan fingerprint density at radius 3 is 3.00 bits per heavy atom. The number of nitrogens with zero attached hydrogens (tertiary/aromatic N) is 2. The van der Waals surface area contributed by atoms with E-state index in [0.717, 1.165) is 21.0 Å². The predicted molar refractivity (Wildman–Crippen MR) is 79.5 cm³/mol. The molecule has 1 aromatic carbocycles. The molecule has 0 saturated heterocycles. The quantitative estimate of drug-likeness (QED) is 0.453. The average Bonchev–Trinajstić information content (AvgIpc) is 2.77. The van der Waals surface area contributed by atoms with Gasteiger partial charge in [-0.25, -0.2) is 4.98 Å². The second kappa shape index (κ2) is 5.90. The molecule has 0 N–H and O–H groups in total. The SMILES string of the molecule is CCC(C)SSc1nc2ccc([N+](=O)[O-])cc2s1. The second-order valence-corrected chi connectivity index (χ2v) is 7.70. The topological polar surface area (TPSA) is 56.0 Å². The molecule has 0 aliphatic carbocycles. The highest BCUT2D eigenvalue weighted by atomic mass is 33.1. The van der Waals surface area contributed by atoms with Gasteiger partial charge in [-0.1, -0.05) is 24.6 Å². The Morgan fingerprint density at radius 1 is 1.56 bits per heavy atom. The van der Waals surface area contributed by atoms with E-state index in [2.05, 4.69) is 18.8 Å². The number of non-ortho nitro benzene ring substituents is 1.